The quantitative estimate of drug-likeness (QED) is 0.732. The molecule has 0 radical (unpaired) electrons. The predicted octanol–water partition coefficient (Wildman–Crippen LogP) is 2.39. The molecule has 152 valence electrons. The Balaban J connectivity index is 1.98. The number of alkyl carbamates (subject to hydrolysis) is 1. The van der Waals surface area contributed by atoms with Crippen LogP contribution in [-0.4, -0.2) is 40.9 Å². The lowest BCUT2D eigenvalue weighted by molar-refractivity contribution is -0.127. The summed E-state index contributed by atoms with van der Waals surface area (Å²) in [4.78, 5) is 49.2. The first-order valence-corrected chi connectivity index (χ1v) is 9.10. The highest BCUT2D eigenvalue weighted by Gasteiger charge is 2.32. The van der Waals surface area contributed by atoms with Gasteiger partial charge < -0.3 is 20.7 Å². The van der Waals surface area contributed by atoms with E-state index in [-0.39, 0.29) is 18.6 Å². The van der Waals surface area contributed by atoms with Crippen molar-refractivity contribution in [2.24, 2.45) is 0 Å². The van der Waals surface area contributed by atoms with Crippen molar-refractivity contribution < 1.29 is 23.9 Å². The first-order valence-electron chi connectivity index (χ1n) is 9.10. The van der Waals surface area contributed by atoms with E-state index in [1.807, 2.05) is 0 Å². The molecule has 1 aliphatic rings. The van der Waals surface area contributed by atoms with Gasteiger partial charge in [0.25, 0.3) is 0 Å². The second-order valence-electron chi connectivity index (χ2n) is 8.47. The largest absolute Gasteiger partial charge is 0.444 e. The molecule has 0 spiro atoms. The van der Waals surface area contributed by atoms with E-state index in [1.54, 1.807) is 58.9 Å². The van der Waals surface area contributed by atoms with Crippen LogP contribution < -0.4 is 16.0 Å². The lowest BCUT2D eigenvalue weighted by Crippen LogP contribution is -2.51. The summed E-state index contributed by atoms with van der Waals surface area (Å²) in [5.41, 5.74) is -0.711. The van der Waals surface area contributed by atoms with E-state index in [1.165, 1.54) is 0 Å². The summed E-state index contributed by atoms with van der Waals surface area (Å²) < 4.78 is 5.20. The van der Waals surface area contributed by atoms with Crippen molar-refractivity contribution in [3.63, 3.8) is 0 Å². The van der Waals surface area contributed by atoms with Gasteiger partial charge in [-0.2, -0.15) is 0 Å². The highest BCUT2D eigenvalue weighted by molar-refractivity contribution is 6.11. The van der Waals surface area contributed by atoms with Gasteiger partial charge in [0.15, 0.2) is 5.78 Å². The van der Waals surface area contributed by atoms with Crippen LogP contribution in [0.3, 0.4) is 0 Å². The third kappa shape index (κ3) is 6.07. The Labute approximate surface area is 164 Å². The van der Waals surface area contributed by atoms with Crippen LogP contribution in [0.2, 0.25) is 0 Å². The number of Topliss-reactive ketones (excluding diaryl/α,β-unsaturated/α-hetero) is 1. The number of carbonyl (C=O) groups excluding carboxylic acids is 4. The zero-order valence-electron chi connectivity index (χ0n) is 16.8. The first kappa shape index (κ1) is 21.4. The predicted molar refractivity (Wildman–Crippen MR) is 104 cm³/mol. The molecular weight excluding hydrogens is 362 g/mol. The van der Waals surface area contributed by atoms with Gasteiger partial charge in [0, 0.05) is 23.9 Å². The van der Waals surface area contributed by atoms with Gasteiger partial charge in [0.1, 0.15) is 11.6 Å². The molecule has 28 heavy (non-hydrogen) atoms. The van der Waals surface area contributed by atoms with E-state index in [9.17, 15) is 19.2 Å². The van der Waals surface area contributed by atoms with Crippen molar-refractivity contribution in [1.82, 2.24) is 10.6 Å². The Morgan fingerprint density at radius 3 is 2.43 bits per heavy atom. The molecule has 0 saturated carbocycles. The van der Waals surface area contributed by atoms with E-state index in [4.69, 9.17) is 4.74 Å². The molecule has 0 aliphatic carbocycles. The molecule has 3 amide bonds. The number of nitrogens with one attached hydrogen (secondary N) is 3. The van der Waals surface area contributed by atoms with Gasteiger partial charge in [0.05, 0.1) is 5.69 Å². The molecule has 0 bridgehead atoms. The van der Waals surface area contributed by atoms with Crippen LogP contribution >= 0.6 is 0 Å². The maximum Gasteiger partial charge on any atom is 0.408 e. The highest BCUT2D eigenvalue weighted by atomic mass is 16.6. The topological polar surface area (TPSA) is 114 Å². The first-order chi connectivity index (χ1) is 12.9. The minimum absolute atomic E-state index is 0.0861. The molecule has 8 heteroatoms. The SMILES string of the molecule is CC(C)(CC(=O)NC1CC(=O)c2ccccc2NC1=O)NC(=O)OC(C)(C)C. The van der Waals surface area contributed by atoms with Crippen LogP contribution in [0.15, 0.2) is 24.3 Å². The van der Waals surface area contributed by atoms with Gasteiger partial charge in [-0.05, 0) is 46.8 Å². The minimum Gasteiger partial charge on any atom is -0.444 e. The van der Waals surface area contributed by atoms with Crippen molar-refractivity contribution in [1.29, 1.82) is 0 Å². The van der Waals surface area contributed by atoms with Crippen molar-refractivity contribution in [2.75, 3.05) is 5.32 Å². The Hall–Kier alpha value is -2.90. The number of amides is 3. The number of rotatable bonds is 4. The van der Waals surface area contributed by atoms with Crippen LogP contribution in [0.1, 0.15) is 57.8 Å². The zero-order chi connectivity index (χ0) is 21.1. The standard InChI is InChI=1S/C20H27N3O5/c1-19(2,3)28-18(27)23-20(4,5)11-16(25)21-14-10-15(24)12-8-6-7-9-13(12)22-17(14)26/h6-9,14H,10-11H2,1-5H3,(H,21,25)(H,22,26)(H,23,27). The minimum atomic E-state index is -0.982. The number of anilines is 1. The van der Waals surface area contributed by atoms with Crippen molar-refractivity contribution >= 4 is 29.4 Å². The number of fused-ring (bicyclic) bond motifs is 1. The number of hydrogen-bond acceptors (Lipinski definition) is 5. The molecule has 1 atom stereocenters. The highest BCUT2D eigenvalue weighted by Crippen LogP contribution is 2.22. The van der Waals surface area contributed by atoms with Crippen LogP contribution in [0.25, 0.3) is 0 Å². The van der Waals surface area contributed by atoms with E-state index in [0.717, 1.165) is 0 Å². The summed E-state index contributed by atoms with van der Waals surface area (Å²) in [6.45, 7) is 8.57. The second kappa shape index (κ2) is 8.00. The van der Waals surface area contributed by atoms with Gasteiger partial charge in [-0.3, -0.25) is 14.4 Å². The normalized spacial score (nSPS) is 17.1. The Morgan fingerprint density at radius 1 is 1.14 bits per heavy atom. The molecule has 0 fully saturated rings. The summed E-state index contributed by atoms with van der Waals surface area (Å²) >= 11 is 0. The summed E-state index contributed by atoms with van der Waals surface area (Å²) in [6.07, 6.45) is -0.853. The fourth-order valence-electron chi connectivity index (χ4n) is 2.83. The monoisotopic (exact) mass is 389 g/mol. The molecule has 8 nitrogen and oxygen atoms in total. The number of benzene rings is 1. The average Bonchev–Trinajstić information content (AvgIpc) is 2.61. The maximum absolute atomic E-state index is 12.4. The molecule has 1 unspecified atom stereocenters. The zero-order valence-corrected chi connectivity index (χ0v) is 16.8. The molecule has 1 aromatic rings. The van der Waals surface area contributed by atoms with Crippen LogP contribution in [-0.2, 0) is 14.3 Å². The number of ketones is 1. The third-order valence-corrected chi connectivity index (χ3v) is 3.97. The fraction of sp³-hybridized carbons (Fsp3) is 0.500. The van der Waals surface area contributed by atoms with E-state index < -0.39 is 35.1 Å². The summed E-state index contributed by atoms with van der Waals surface area (Å²) in [7, 11) is 0. The van der Waals surface area contributed by atoms with Crippen LogP contribution in [0.5, 0.6) is 0 Å². The Kier molecular flexibility index (Phi) is 6.11. The molecule has 0 saturated heterocycles. The number of para-hydroxylation sites is 1. The van der Waals surface area contributed by atoms with Crippen molar-refractivity contribution in [2.45, 2.75) is 64.6 Å². The molecular formula is C20H27N3O5. The van der Waals surface area contributed by atoms with Gasteiger partial charge in [0.2, 0.25) is 11.8 Å². The third-order valence-electron chi connectivity index (χ3n) is 3.97. The van der Waals surface area contributed by atoms with Gasteiger partial charge >= 0.3 is 6.09 Å². The van der Waals surface area contributed by atoms with Gasteiger partial charge in [-0.25, -0.2) is 4.79 Å². The molecule has 2 rings (SSSR count). The van der Waals surface area contributed by atoms with Crippen LogP contribution in [0.4, 0.5) is 10.5 Å². The van der Waals surface area contributed by atoms with Crippen LogP contribution in [0, 0.1) is 0 Å². The maximum atomic E-state index is 12.4. The summed E-state index contributed by atoms with van der Waals surface area (Å²) in [5.74, 6) is -1.14. The fourth-order valence-corrected chi connectivity index (χ4v) is 2.83. The molecule has 1 heterocycles. The number of hydrogen-bond donors (Lipinski definition) is 3. The van der Waals surface area contributed by atoms with Gasteiger partial charge in [-0.1, -0.05) is 12.1 Å². The Bertz CT molecular complexity index is 795. The van der Waals surface area contributed by atoms with E-state index in [2.05, 4.69) is 16.0 Å². The summed E-state index contributed by atoms with van der Waals surface area (Å²) in [5, 5.41) is 7.89. The van der Waals surface area contributed by atoms with E-state index >= 15 is 0 Å². The number of ether oxygens (including phenoxy) is 1. The van der Waals surface area contributed by atoms with Crippen molar-refractivity contribution in [3.05, 3.63) is 29.8 Å². The lowest BCUT2D eigenvalue weighted by Gasteiger charge is -2.28. The van der Waals surface area contributed by atoms with Crippen molar-refractivity contribution in [3.8, 4) is 0 Å². The second-order valence-corrected chi connectivity index (χ2v) is 8.47. The molecule has 0 aromatic heterocycles. The molecule has 3 N–H and O–H groups in total. The van der Waals surface area contributed by atoms with Gasteiger partial charge in [-0.15, -0.1) is 0 Å². The molecule has 1 aromatic carbocycles. The lowest BCUT2D eigenvalue weighted by atomic mass is 9.99. The molecule has 1 aliphatic heterocycles. The number of carbonyl (C=O) groups is 4. The smallest absolute Gasteiger partial charge is 0.408 e. The van der Waals surface area contributed by atoms with E-state index in [0.29, 0.717) is 11.3 Å². The summed E-state index contributed by atoms with van der Waals surface area (Å²) in [6, 6.07) is 5.73. The Morgan fingerprint density at radius 2 is 1.79 bits per heavy atom. The average molecular weight is 389 g/mol.